The maximum Gasteiger partial charge on any atom is 0.139 e. The van der Waals surface area contributed by atoms with Crippen molar-refractivity contribution in [3.63, 3.8) is 0 Å². The highest BCUT2D eigenvalue weighted by Crippen LogP contribution is 2.30. The monoisotopic (exact) mass is 519 g/mol. The Morgan fingerprint density at radius 2 is 1.97 bits per heavy atom. The fourth-order valence-electron chi connectivity index (χ4n) is 5.06. The molecule has 1 aliphatic heterocycles. The number of imidazole rings is 1. The van der Waals surface area contributed by atoms with Crippen molar-refractivity contribution in [1.29, 1.82) is 5.26 Å². The number of pyridine rings is 1. The summed E-state index contributed by atoms with van der Waals surface area (Å²) in [6, 6.07) is 8.69. The van der Waals surface area contributed by atoms with Crippen molar-refractivity contribution in [2.75, 3.05) is 24.6 Å². The SMILES string of the molecule is C[C@H]1CN(c2ccncc2Cc2ncc3ccc(-c4c(F)cc(O)cc4F)nn23)C[C@@H](N)[C@H]1OCCC#N. The van der Waals surface area contributed by atoms with E-state index in [1.807, 2.05) is 6.07 Å². The zero-order valence-electron chi connectivity index (χ0n) is 20.8. The number of nitrogens with zero attached hydrogens (tertiary/aromatic N) is 6. The first kappa shape index (κ1) is 25.5. The molecule has 1 aliphatic rings. The smallest absolute Gasteiger partial charge is 0.139 e. The Hall–Kier alpha value is -4.14. The fourth-order valence-corrected chi connectivity index (χ4v) is 5.06. The van der Waals surface area contributed by atoms with E-state index in [1.54, 1.807) is 29.2 Å². The van der Waals surface area contributed by atoms with Crippen LogP contribution >= 0.6 is 0 Å². The Morgan fingerprint density at radius 1 is 1.18 bits per heavy atom. The van der Waals surface area contributed by atoms with Crippen molar-refractivity contribution in [2.24, 2.45) is 11.7 Å². The summed E-state index contributed by atoms with van der Waals surface area (Å²) in [7, 11) is 0. The van der Waals surface area contributed by atoms with Gasteiger partial charge < -0.3 is 20.5 Å². The van der Waals surface area contributed by atoms with Crippen molar-refractivity contribution in [3.05, 3.63) is 71.9 Å². The zero-order chi connectivity index (χ0) is 26.8. The molecule has 0 bridgehead atoms. The van der Waals surface area contributed by atoms with Gasteiger partial charge in [-0.3, -0.25) is 4.98 Å². The quantitative estimate of drug-likeness (QED) is 0.356. The average molecular weight is 520 g/mol. The summed E-state index contributed by atoms with van der Waals surface area (Å²) in [5.74, 6) is -1.59. The lowest BCUT2D eigenvalue weighted by molar-refractivity contribution is -0.00335. The second-order valence-corrected chi connectivity index (χ2v) is 9.48. The number of piperidine rings is 1. The van der Waals surface area contributed by atoms with Gasteiger partial charge in [-0.1, -0.05) is 6.92 Å². The first-order valence-corrected chi connectivity index (χ1v) is 12.3. The Kier molecular flexibility index (Phi) is 7.18. The number of halogens is 2. The number of phenols is 1. The van der Waals surface area contributed by atoms with Crippen molar-refractivity contribution in [1.82, 2.24) is 19.6 Å². The van der Waals surface area contributed by atoms with E-state index in [4.69, 9.17) is 15.7 Å². The number of hydrogen-bond acceptors (Lipinski definition) is 8. The minimum atomic E-state index is -0.906. The Labute approximate surface area is 218 Å². The number of benzene rings is 1. The second-order valence-electron chi connectivity index (χ2n) is 9.48. The van der Waals surface area contributed by atoms with E-state index in [9.17, 15) is 13.9 Å². The molecule has 4 heterocycles. The van der Waals surface area contributed by atoms with Crippen LogP contribution in [-0.2, 0) is 11.2 Å². The van der Waals surface area contributed by atoms with Crippen LogP contribution < -0.4 is 10.6 Å². The molecule has 3 aromatic heterocycles. The summed E-state index contributed by atoms with van der Waals surface area (Å²) in [6.45, 7) is 3.73. The highest BCUT2D eigenvalue weighted by atomic mass is 19.1. The van der Waals surface area contributed by atoms with Gasteiger partial charge in [0.2, 0.25) is 0 Å². The first-order chi connectivity index (χ1) is 18.4. The van der Waals surface area contributed by atoms with E-state index in [0.29, 0.717) is 43.9 Å². The summed E-state index contributed by atoms with van der Waals surface area (Å²) in [5.41, 5.74) is 8.76. The molecule has 4 aromatic rings. The maximum atomic E-state index is 14.5. The fraction of sp³-hybridized carbons (Fsp3) is 0.333. The lowest BCUT2D eigenvalue weighted by Gasteiger charge is -2.42. The van der Waals surface area contributed by atoms with E-state index >= 15 is 0 Å². The lowest BCUT2D eigenvalue weighted by Crippen LogP contribution is -2.57. The number of aromatic hydroxyl groups is 1. The molecule has 0 radical (unpaired) electrons. The van der Waals surface area contributed by atoms with Crippen LogP contribution in [0.25, 0.3) is 16.8 Å². The van der Waals surface area contributed by atoms with Gasteiger partial charge in [-0.15, -0.1) is 0 Å². The predicted molar refractivity (Wildman–Crippen MR) is 136 cm³/mol. The summed E-state index contributed by atoms with van der Waals surface area (Å²) in [4.78, 5) is 11.0. The summed E-state index contributed by atoms with van der Waals surface area (Å²) in [5, 5.41) is 22.8. The number of anilines is 1. The Morgan fingerprint density at radius 3 is 2.71 bits per heavy atom. The molecule has 1 aromatic carbocycles. The highest BCUT2D eigenvalue weighted by molar-refractivity contribution is 5.64. The summed E-state index contributed by atoms with van der Waals surface area (Å²) < 4.78 is 36.4. The van der Waals surface area contributed by atoms with E-state index in [2.05, 4.69) is 33.0 Å². The molecule has 11 heteroatoms. The minimum Gasteiger partial charge on any atom is -0.508 e. The van der Waals surface area contributed by atoms with E-state index in [1.165, 1.54) is 6.07 Å². The first-order valence-electron chi connectivity index (χ1n) is 12.3. The van der Waals surface area contributed by atoms with E-state index < -0.39 is 17.4 Å². The molecule has 9 nitrogen and oxygen atoms in total. The molecule has 1 fully saturated rings. The van der Waals surface area contributed by atoms with Gasteiger partial charge in [0.05, 0.1) is 48.2 Å². The number of ether oxygens (including phenoxy) is 1. The third-order valence-electron chi connectivity index (χ3n) is 6.75. The second kappa shape index (κ2) is 10.7. The van der Waals surface area contributed by atoms with Crippen LogP contribution in [0.5, 0.6) is 5.75 Å². The van der Waals surface area contributed by atoms with E-state index in [-0.39, 0.29) is 29.3 Å². The number of fused-ring (bicyclic) bond motifs is 1. The van der Waals surface area contributed by atoms with Crippen molar-refractivity contribution < 1.29 is 18.6 Å². The largest absolute Gasteiger partial charge is 0.508 e. The summed E-state index contributed by atoms with van der Waals surface area (Å²) >= 11 is 0. The molecule has 0 spiro atoms. The van der Waals surface area contributed by atoms with Gasteiger partial charge in [-0.05, 0) is 18.2 Å². The number of aromatic nitrogens is 4. The van der Waals surface area contributed by atoms with Gasteiger partial charge in [0, 0.05) is 67.2 Å². The molecule has 0 aliphatic carbocycles. The Bertz CT molecular complexity index is 1470. The van der Waals surface area contributed by atoms with Crippen LogP contribution in [0, 0.1) is 28.9 Å². The van der Waals surface area contributed by atoms with Crippen LogP contribution in [0.15, 0.2) is 48.9 Å². The van der Waals surface area contributed by atoms with Crippen molar-refractivity contribution >= 4 is 11.2 Å². The lowest BCUT2D eigenvalue weighted by atomic mass is 9.91. The molecular weight excluding hydrogens is 492 g/mol. The molecule has 1 saturated heterocycles. The normalized spacial score (nSPS) is 19.6. The minimum absolute atomic E-state index is 0.0800. The van der Waals surface area contributed by atoms with Gasteiger partial charge in [0.1, 0.15) is 23.2 Å². The third-order valence-corrected chi connectivity index (χ3v) is 6.75. The average Bonchev–Trinajstić information content (AvgIpc) is 3.27. The molecular formula is C27H27F2N7O2. The number of nitrogens with two attached hydrogens (primary N) is 1. The number of rotatable bonds is 7. The highest BCUT2D eigenvalue weighted by Gasteiger charge is 2.34. The zero-order valence-corrected chi connectivity index (χ0v) is 20.8. The molecule has 0 amide bonds. The number of hydrogen-bond donors (Lipinski definition) is 2. The van der Waals surface area contributed by atoms with Crippen molar-refractivity contribution in [3.8, 4) is 23.1 Å². The van der Waals surface area contributed by atoms with Gasteiger partial charge in [-0.25, -0.2) is 18.3 Å². The molecule has 5 rings (SSSR count). The predicted octanol–water partition coefficient (Wildman–Crippen LogP) is 3.45. The van der Waals surface area contributed by atoms with Crippen LogP contribution in [0.3, 0.4) is 0 Å². The summed E-state index contributed by atoms with van der Waals surface area (Å²) in [6.07, 6.45) is 5.70. The van der Waals surface area contributed by atoms with E-state index in [0.717, 1.165) is 23.4 Å². The number of nitriles is 1. The molecule has 3 atom stereocenters. The van der Waals surface area contributed by atoms with Gasteiger partial charge in [0.25, 0.3) is 0 Å². The third kappa shape index (κ3) is 5.01. The van der Waals surface area contributed by atoms with Crippen LogP contribution in [0.2, 0.25) is 0 Å². The van der Waals surface area contributed by atoms with Crippen LogP contribution in [0.4, 0.5) is 14.5 Å². The van der Waals surface area contributed by atoms with Gasteiger partial charge >= 0.3 is 0 Å². The molecule has 0 unspecified atom stereocenters. The van der Waals surface area contributed by atoms with Crippen molar-refractivity contribution in [2.45, 2.75) is 31.9 Å². The molecule has 38 heavy (non-hydrogen) atoms. The van der Waals surface area contributed by atoms with Crippen LogP contribution in [-0.4, -0.2) is 56.5 Å². The topological polar surface area (TPSA) is 126 Å². The maximum absolute atomic E-state index is 14.5. The molecule has 0 saturated carbocycles. The standard InChI is InChI=1S/C27H27F2N7O2/c1-16-14-35(15-22(31)27(16)38-8-2-6-30)24-5-7-32-12-17(24)9-25-33-13-18-3-4-23(34-36(18)25)26-20(28)10-19(37)11-21(26)29/h3-5,7,10-13,16,22,27,37H,2,8-9,14-15,31H2,1H3/t16-,22+,27-/m0/s1. The molecule has 3 N–H and O–H groups in total. The molecule has 196 valence electrons. The number of phenolic OH excluding ortho intramolecular Hbond substituents is 1. The van der Waals surface area contributed by atoms with Crippen LogP contribution in [0.1, 0.15) is 24.7 Å². The van der Waals surface area contributed by atoms with Gasteiger partial charge in [0.15, 0.2) is 0 Å². The van der Waals surface area contributed by atoms with Gasteiger partial charge in [-0.2, -0.15) is 10.4 Å². The Balaban J connectivity index is 1.42.